The average molecular weight is 296 g/mol. The van der Waals surface area contributed by atoms with Crippen molar-refractivity contribution in [2.24, 2.45) is 17.8 Å². The summed E-state index contributed by atoms with van der Waals surface area (Å²) in [5.41, 5.74) is 2.91. The molecule has 0 N–H and O–H groups in total. The van der Waals surface area contributed by atoms with Crippen LogP contribution in [0.2, 0.25) is 0 Å². The molecule has 1 aromatic rings. The minimum Gasteiger partial charge on any atom is -0.455 e. The summed E-state index contributed by atoms with van der Waals surface area (Å²) in [5, 5.41) is 0. The van der Waals surface area contributed by atoms with E-state index < -0.39 is 0 Å². The normalized spacial score (nSPS) is 31.0. The molecule has 0 spiro atoms. The SMILES string of the molecule is C=C(C)C(=O)OC1(C2CC3CCC2C3)Cc2ccccc2C1. The molecule has 2 saturated carbocycles. The summed E-state index contributed by atoms with van der Waals surface area (Å²) in [6.45, 7) is 5.53. The zero-order valence-electron chi connectivity index (χ0n) is 13.3. The lowest BCUT2D eigenvalue weighted by atomic mass is 9.74. The van der Waals surface area contributed by atoms with Gasteiger partial charge in [-0.2, -0.15) is 0 Å². The van der Waals surface area contributed by atoms with Gasteiger partial charge < -0.3 is 4.74 Å². The zero-order chi connectivity index (χ0) is 15.3. The fourth-order valence-corrected chi connectivity index (χ4v) is 5.18. The van der Waals surface area contributed by atoms with Gasteiger partial charge in [0.25, 0.3) is 0 Å². The molecule has 0 radical (unpaired) electrons. The van der Waals surface area contributed by atoms with Crippen LogP contribution < -0.4 is 0 Å². The van der Waals surface area contributed by atoms with Crippen LogP contribution in [0.4, 0.5) is 0 Å². The van der Waals surface area contributed by atoms with Crippen LogP contribution in [0, 0.1) is 17.8 Å². The van der Waals surface area contributed by atoms with Crippen molar-refractivity contribution < 1.29 is 9.53 Å². The van der Waals surface area contributed by atoms with Crippen LogP contribution in [0.1, 0.15) is 43.7 Å². The van der Waals surface area contributed by atoms with E-state index in [0.29, 0.717) is 11.5 Å². The number of ether oxygens (including phenoxy) is 1. The predicted molar refractivity (Wildman–Crippen MR) is 86.4 cm³/mol. The lowest BCUT2D eigenvalue weighted by molar-refractivity contribution is -0.162. The van der Waals surface area contributed by atoms with Gasteiger partial charge in [-0.1, -0.05) is 37.3 Å². The Balaban J connectivity index is 1.67. The quantitative estimate of drug-likeness (QED) is 0.620. The summed E-state index contributed by atoms with van der Waals surface area (Å²) in [6.07, 6.45) is 7.04. The van der Waals surface area contributed by atoms with Gasteiger partial charge in [0.15, 0.2) is 0 Å². The Morgan fingerprint density at radius 1 is 1.18 bits per heavy atom. The number of hydrogen-bond acceptors (Lipinski definition) is 2. The second kappa shape index (κ2) is 4.97. The van der Waals surface area contributed by atoms with Crippen molar-refractivity contribution in [3.05, 3.63) is 47.5 Å². The number of esters is 1. The summed E-state index contributed by atoms with van der Waals surface area (Å²) < 4.78 is 6.14. The Labute approximate surface area is 132 Å². The molecule has 2 heteroatoms. The summed E-state index contributed by atoms with van der Waals surface area (Å²) >= 11 is 0. The molecule has 2 bridgehead atoms. The smallest absolute Gasteiger partial charge is 0.333 e. The van der Waals surface area contributed by atoms with Crippen LogP contribution in [-0.2, 0) is 22.4 Å². The average Bonchev–Trinajstić information content (AvgIpc) is 3.20. The molecule has 2 nitrogen and oxygen atoms in total. The number of hydrogen-bond donors (Lipinski definition) is 0. The van der Waals surface area contributed by atoms with E-state index in [-0.39, 0.29) is 11.6 Å². The second-order valence-corrected chi connectivity index (χ2v) is 7.64. The highest BCUT2D eigenvalue weighted by atomic mass is 16.6. The van der Waals surface area contributed by atoms with Gasteiger partial charge in [0.1, 0.15) is 5.60 Å². The number of benzene rings is 1. The third-order valence-electron chi connectivity index (χ3n) is 6.16. The zero-order valence-corrected chi connectivity index (χ0v) is 13.3. The van der Waals surface area contributed by atoms with Gasteiger partial charge >= 0.3 is 5.97 Å². The van der Waals surface area contributed by atoms with Crippen LogP contribution >= 0.6 is 0 Å². The van der Waals surface area contributed by atoms with Crippen molar-refractivity contribution in [2.75, 3.05) is 0 Å². The molecule has 22 heavy (non-hydrogen) atoms. The van der Waals surface area contributed by atoms with Crippen molar-refractivity contribution >= 4 is 5.97 Å². The van der Waals surface area contributed by atoms with E-state index in [2.05, 4.69) is 30.8 Å². The van der Waals surface area contributed by atoms with E-state index in [1.807, 2.05) is 0 Å². The topological polar surface area (TPSA) is 26.3 Å². The third-order valence-corrected chi connectivity index (χ3v) is 6.16. The Hall–Kier alpha value is -1.57. The highest BCUT2D eigenvalue weighted by molar-refractivity contribution is 5.87. The first kappa shape index (κ1) is 14.0. The molecule has 3 aliphatic rings. The van der Waals surface area contributed by atoms with E-state index in [4.69, 9.17) is 4.74 Å². The first-order chi connectivity index (χ1) is 10.6. The maximum Gasteiger partial charge on any atom is 0.333 e. The standard InChI is InChI=1S/C20H24O2/c1-13(2)19(21)22-20(18-10-14-7-8-15(18)9-14)11-16-5-3-4-6-17(16)12-20/h3-6,14-15,18H,1,7-12H2,2H3. The molecule has 1 aromatic carbocycles. The summed E-state index contributed by atoms with van der Waals surface area (Å²) in [5.74, 6) is 1.92. The molecule has 2 fully saturated rings. The van der Waals surface area contributed by atoms with Crippen LogP contribution in [0.5, 0.6) is 0 Å². The van der Waals surface area contributed by atoms with E-state index in [1.54, 1.807) is 6.92 Å². The Bertz CT molecular complexity index is 605. The van der Waals surface area contributed by atoms with E-state index in [9.17, 15) is 4.79 Å². The second-order valence-electron chi connectivity index (χ2n) is 7.64. The molecular formula is C20H24O2. The lowest BCUT2D eigenvalue weighted by Gasteiger charge is -2.39. The number of carbonyl (C=O) groups is 1. The molecule has 0 aromatic heterocycles. The van der Waals surface area contributed by atoms with E-state index in [1.165, 1.54) is 36.8 Å². The van der Waals surface area contributed by atoms with Crippen LogP contribution in [0.3, 0.4) is 0 Å². The highest BCUT2D eigenvalue weighted by Gasteiger charge is 2.55. The fraction of sp³-hybridized carbons (Fsp3) is 0.550. The van der Waals surface area contributed by atoms with Crippen LogP contribution in [-0.4, -0.2) is 11.6 Å². The molecule has 0 heterocycles. The van der Waals surface area contributed by atoms with Crippen LogP contribution in [0.15, 0.2) is 36.4 Å². The maximum atomic E-state index is 12.3. The van der Waals surface area contributed by atoms with Gasteiger partial charge in [0.05, 0.1) is 0 Å². The molecule has 3 unspecified atom stereocenters. The monoisotopic (exact) mass is 296 g/mol. The van der Waals surface area contributed by atoms with Crippen LogP contribution in [0.25, 0.3) is 0 Å². The molecule has 0 aliphatic heterocycles. The largest absolute Gasteiger partial charge is 0.455 e. The van der Waals surface area contributed by atoms with Gasteiger partial charge in [0.2, 0.25) is 0 Å². The highest BCUT2D eigenvalue weighted by Crippen LogP contribution is 2.56. The summed E-state index contributed by atoms with van der Waals surface area (Å²) in [7, 11) is 0. The van der Waals surface area contributed by atoms with E-state index in [0.717, 1.165) is 24.7 Å². The molecule has 0 saturated heterocycles. The Morgan fingerprint density at radius 3 is 2.36 bits per heavy atom. The van der Waals surface area contributed by atoms with Crippen molar-refractivity contribution in [2.45, 2.75) is 51.0 Å². The number of rotatable bonds is 3. The van der Waals surface area contributed by atoms with Gasteiger partial charge in [-0.3, -0.25) is 0 Å². The van der Waals surface area contributed by atoms with Crippen molar-refractivity contribution in [1.82, 2.24) is 0 Å². The van der Waals surface area contributed by atoms with Crippen molar-refractivity contribution in [3.63, 3.8) is 0 Å². The molecule has 3 atom stereocenters. The number of carbonyl (C=O) groups excluding carboxylic acids is 1. The first-order valence-electron chi connectivity index (χ1n) is 8.53. The van der Waals surface area contributed by atoms with Gasteiger partial charge in [0, 0.05) is 24.3 Å². The predicted octanol–water partition coefficient (Wildman–Crippen LogP) is 4.08. The van der Waals surface area contributed by atoms with Crippen molar-refractivity contribution in [3.8, 4) is 0 Å². The number of fused-ring (bicyclic) bond motifs is 3. The Kier molecular flexibility index (Phi) is 3.18. The van der Waals surface area contributed by atoms with Gasteiger partial charge in [-0.15, -0.1) is 0 Å². The molecule has 0 amide bonds. The minimum atomic E-state index is -0.320. The molecule has 3 aliphatic carbocycles. The molecule has 4 rings (SSSR count). The minimum absolute atomic E-state index is 0.212. The molecule has 116 valence electrons. The fourth-order valence-electron chi connectivity index (χ4n) is 5.18. The van der Waals surface area contributed by atoms with Gasteiger partial charge in [-0.25, -0.2) is 4.79 Å². The first-order valence-corrected chi connectivity index (χ1v) is 8.53. The lowest BCUT2D eigenvalue weighted by Crippen LogP contribution is -2.46. The summed E-state index contributed by atoms with van der Waals surface area (Å²) in [4.78, 5) is 12.3. The Morgan fingerprint density at radius 2 is 1.86 bits per heavy atom. The maximum absolute atomic E-state index is 12.3. The molecular weight excluding hydrogens is 272 g/mol. The van der Waals surface area contributed by atoms with Crippen molar-refractivity contribution in [1.29, 1.82) is 0 Å². The third kappa shape index (κ3) is 2.12. The summed E-state index contributed by atoms with van der Waals surface area (Å²) in [6, 6.07) is 8.57. The van der Waals surface area contributed by atoms with E-state index >= 15 is 0 Å². The van der Waals surface area contributed by atoms with Gasteiger partial charge in [-0.05, 0) is 49.1 Å².